The number of nitrogens with two attached hydrogens (primary N) is 2. The molecule has 0 unspecified atom stereocenters. The fourth-order valence-electron chi connectivity index (χ4n) is 2.85. The number of carbonyl (C=O) groups excluding carboxylic acids is 2. The summed E-state index contributed by atoms with van der Waals surface area (Å²) in [6.07, 6.45) is -4.06. The van der Waals surface area contributed by atoms with Crippen molar-refractivity contribution in [1.29, 1.82) is 5.26 Å². The predicted octanol–water partition coefficient (Wildman–Crippen LogP) is 2.86. The van der Waals surface area contributed by atoms with Crippen molar-refractivity contribution in [1.82, 2.24) is 9.97 Å². The largest absolute Gasteiger partial charge is 0.457 e. The monoisotopic (exact) mass is 470 g/mol. The van der Waals surface area contributed by atoms with E-state index >= 15 is 0 Å². The zero-order chi connectivity index (χ0) is 24.9. The molecule has 1 heterocycles. The summed E-state index contributed by atoms with van der Waals surface area (Å²) in [4.78, 5) is 31.1. The van der Waals surface area contributed by atoms with E-state index in [1.165, 1.54) is 24.3 Å². The summed E-state index contributed by atoms with van der Waals surface area (Å²) in [6.45, 7) is -0.00174. The van der Waals surface area contributed by atoms with Crippen LogP contribution < -0.4 is 21.5 Å². The SMILES string of the molecule is N#Cc1cc(Oc2ccc(-c3nc(N[C@H](C=O)CN)cc(C(N)=O)n3)cc2)ccc1C(F)(F)F. The van der Waals surface area contributed by atoms with Crippen molar-refractivity contribution in [3.05, 3.63) is 65.4 Å². The van der Waals surface area contributed by atoms with Gasteiger partial charge >= 0.3 is 6.18 Å². The van der Waals surface area contributed by atoms with E-state index in [2.05, 4.69) is 15.3 Å². The van der Waals surface area contributed by atoms with Crippen molar-refractivity contribution < 1.29 is 27.5 Å². The molecule has 0 aliphatic rings. The molecule has 3 rings (SSSR count). The minimum Gasteiger partial charge on any atom is -0.457 e. The third kappa shape index (κ3) is 5.64. The highest BCUT2D eigenvalue weighted by Crippen LogP contribution is 2.34. The van der Waals surface area contributed by atoms with Crippen molar-refractivity contribution in [2.45, 2.75) is 12.2 Å². The molecule has 3 aromatic rings. The average Bonchev–Trinajstić information content (AvgIpc) is 2.82. The Morgan fingerprint density at radius 1 is 1.15 bits per heavy atom. The van der Waals surface area contributed by atoms with E-state index in [9.17, 15) is 22.8 Å². The molecule has 9 nitrogen and oxygen atoms in total. The molecular formula is C22H17F3N6O3. The van der Waals surface area contributed by atoms with Gasteiger partial charge in [0.05, 0.1) is 23.2 Å². The molecule has 174 valence electrons. The molecule has 0 radical (unpaired) electrons. The molecule has 0 bridgehead atoms. The highest BCUT2D eigenvalue weighted by Gasteiger charge is 2.33. The van der Waals surface area contributed by atoms with Crippen LogP contribution in [0.2, 0.25) is 0 Å². The topological polar surface area (TPSA) is 157 Å². The zero-order valence-electron chi connectivity index (χ0n) is 17.3. The van der Waals surface area contributed by atoms with Crippen LogP contribution in [0.25, 0.3) is 11.4 Å². The maximum atomic E-state index is 13.0. The van der Waals surface area contributed by atoms with Crippen molar-refractivity contribution in [2.24, 2.45) is 11.5 Å². The van der Waals surface area contributed by atoms with Gasteiger partial charge in [-0.05, 0) is 42.5 Å². The summed E-state index contributed by atoms with van der Waals surface area (Å²) in [6, 6.07) is 11.0. The number of nitrogens with zero attached hydrogens (tertiary/aromatic N) is 3. The maximum Gasteiger partial charge on any atom is 0.417 e. The Hall–Kier alpha value is -4.50. The van der Waals surface area contributed by atoms with E-state index < -0.39 is 29.3 Å². The van der Waals surface area contributed by atoms with Crippen LogP contribution in [-0.4, -0.2) is 34.7 Å². The zero-order valence-corrected chi connectivity index (χ0v) is 17.3. The number of ether oxygens (including phenoxy) is 1. The number of hydrogen-bond donors (Lipinski definition) is 3. The molecule has 0 saturated carbocycles. The van der Waals surface area contributed by atoms with Gasteiger partial charge in [-0.3, -0.25) is 4.79 Å². The number of nitriles is 1. The van der Waals surface area contributed by atoms with E-state index in [4.69, 9.17) is 21.5 Å². The second kappa shape index (κ2) is 9.97. The van der Waals surface area contributed by atoms with Gasteiger partial charge < -0.3 is 26.3 Å². The lowest BCUT2D eigenvalue weighted by molar-refractivity contribution is -0.137. The van der Waals surface area contributed by atoms with Gasteiger partial charge in [-0.15, -0.1) is 0 Å². The number of amides is 1. The van der Waals surface area contributed by atoms with Gasteiger partial charge in [-0.1, -0.05) is 0 Å². The number of benzene rings is 2. The van der Waals surface area contributed by atoms with Crippen molar-refractivity contribution in [3.63, 3.8) is 0 Å². The summed E-state index contributed by atoms with van der Waals surface area (Å²) < 4.78 is 44.4. The molecule has 0 aliphatic heterocycles. The Morgan fingerprint density at radius 3 is 2.38 bits per heavy atom. The van der Waals surface area contributed by atoms with Crippen LogP contribution >= 0.6 is 0 Å². The predicted molar refractivity (Wildman–Crippen MR) is 115 cm³/mol. The van der Waals surface area contributed by atoms with E-state index in [1.807, 2.05) is 0 Å². The highest BCUT2D eigenvalue weighted by atomic mass is 19.4. The van der Waals surface area contributed by atoms with Crippen molar-refractivity contribution in [3.8, 4) is 29.0 Å². The second-order valence-electron chi connectivity index (χ2n) is 6.89. The summed E-state index contributed by atoms with van der Waals surface area (Å²) in [5, 5.41) is 11.8. The molecule has 1 amide bonds. The standard InChI is InChI=1S/C22H17F3N6O3/c23-22(24,25)17-6-5-16(7-13(17)9-26)34-15-3-1-12(2-4-15)21-30-18(20(28)33)8-19(31-21)29-14(10-27)11-32/h1-8,11,14H,10,27H2,(H2,28,33)(H,29,30,31)/t14-/m0/s1. The Labute approximate surface area is 191 Å². The summed E-state index contributed by atoms with van der Waals surface area (Å²) >= 11 is 0. The van der Waals surface area contributed by atoms with Crippen LogP contribution in [0.5, 0.6) is 11.5 Å². The Kier molecular flexibility index (Phi) is 7.08. The Morgan fingerprint density at radius 2 is 1.82 bits per heavy atom. The molecule has 12 heteroatoms. The summed E-state index contributed by atoms with van der Waals surface area (Å²) in [5.41, 5.74) is 9.56. The van der Waals surface area contributed by atoms with E-state index in [0.29, 0.717) is 11.8 Å². The number of anilines is 1. The van der Waals surface area contributed by atoms with Gasteiger partial charge in [-0.2, -0.15) is 18.4 Å². The molecule has 0 aliphatic carbocycles. The normalized spacial score (nSPS) is 11.9. The lowest BCUT2D eigenvalue weighted by atomic mass is 10.1. The van der Waals surface area contributed by atoms with Crippen LogP contribution in [-0.2, 0) is 11.0 Å². The molecule has 0 fully saturated rings. The first-order chi connectivity index (χ1) is 16.1. The minimum atomic E-state index is -4.66. The Balaban J connectivity index is 1.87. The first kappa shape index (κ1) is 24.1. The number of rotatable bonds is 8. The van der Waals surface area contributed by atoms with Crippen LogP contribution in [0.1, 0.15) is 21.6 Å². The van der Waals surface area contributed by atoms with Crippen LogP contribution in [0, 0.1) is 11.3 Å². The third-order valence-corrected chi connectivity index (χ3v) is 4.50. The second-order valence-corrected chi connectivity index (χ2v) is 6.89. The number of nitrogens with one attached hydrogen (secondary N) is 1. The third-order valence-electron chi connectivity index (χ3n) is 4.50. The number of aldehydes is 1. The summed E-state index contributed by atoms with van der Waals surface area (Å²) in [7, 11) is 0. The van der Waals surface area contributed by atoms with E-state index in [-0.39, 0.29) is 35.4 Å². The lowest BCUT2D eigenvalue weighted by Gasteiger charge is -2.13. The quantitative estimate of drug-likeness (QED) is 0.424. The number of aromatic nitrogens is 2. The van der Waals surface area contributed by atoms with Crippen LogP contribution in [0.3, 0.4) is 0 Å². The smallest absolute Gasteiger partial charge is 0.417 e. The van der Waals surface area contributed by atoms with Gasteiger partial charge in [0.2, 0.25) is 0 Å². The molecule has 0 saturated heterocycles. The number of carbonyl (C=O) groups is 2. The fraction of sp³-hybridized carbons (Fsp3) is 0.136. The number of halogens is 3. The number of hydrogen-bond acceptors (Lipinski definition) is 8. The first-order valence-corrected chi connectivity index (χ1v) is 9.65. The van der Waals surface area contributed by atoms with Gasteiger partial charge in [-0.25, -0.2) is 9.97 Å². The summed E-state index contributed by atoms with van der Waals surface area (Å²) in [5.74, 6) is -0.222. The van der Waals surface area contributed by atoms with Crippen LogP contribution in [0.4, 0.5) is 19.0 Å². The molecule has 1 atom stereocenters. The molecule has 1 aromatic heterocycles. The minimum absolute atomic E-state index is 0.00174. The molecule has 5 N–H and O–H groups in total. The van der Waals surface area contributed by atoms with Crippen molar-refractivity contribution >= 4 is 18.0 Å². The first-order valence-electron chi connectivity index (χ1n) is 9.65. The molecule has 2 aromatic carbocycles. The lowest BCUT2D eigenvalue weighted by Crippen LogP contribution is -2.30. The highest BCUT2D eigenvalue weighted by molar-refractivity contribution is 5.92. The van der Waals surface area contributed by atoms with E-state index in [0.717, 1.165) is 18.2 Å². The van der Waals surface area contributed by atoms with Gasteiger partial charge in [0.1, 0.15) is 29.3 Å². The molecular weight excluding hydrogens is 453 g/mol. The Bertz CT molecular complexity index is 1260. The van der Waals surface area contributed by atoms with Crippen molar-refractivity contribution in [2.75, 3.05) is 11.9 Å². The van der Waals surface area contributed by atoms with E-state index in [1.54, 1.807) is 12.1 Å². The van der Waals surface area contributed by atoms with Crippen LogP contribution in [0.15, 0.2) is 48.5 Å². The molecule has 0 spiro atoms. The van der Waals surface area contributed by atoms with Gasteiger partial charge in [0.15, 0.2) is 5.82 Å². The molecule has 34 heavy (non-hydrogen) atoms. The number of primary amides is 1. The van der Waals surface area contributed by atoms with Gasteiger partial charge in [0.25, 0.3) is 5.91 Å². The number of alkyl halides is 3. The van der Waals surface area contributed by atoms with Gasteiger partial charge in [0, 0.05) is 18.2 Å². The fourth-order valence-corrected chi connectivity index (χ4v) is 2.85. The average molecular weight is 470 g/mol. The maximum absolute atomic E-state index is 13.0.